The van der Waals surface area contributed by atoms with Crippen molar-refractivity contribution < 1.29 is 22.8 Å². The van der Waals surface area contributed by atoms with E-state index in [1.807, 2.05) is 18.2 Å². The first-order valence-electron chi connectivity index (χ1n) is 3.62. The molecule has 14 heavy (non-hydrogen) atoms. The molecule has 0 aliphatic rings. The van der Waals surface area contributed by atoms with Gasteiger partial charge in [-0.2, -0.15) is 0 Å². The summed E-state index contributed by atoms with van der Waals surface area (Å²) in [5, 5.41) is 0. The summed E-state index contributed by atoms with van der Waals surface area (Å²) in [5.41, 5.74) is 0. The van der Waals surface area contributed by atoms with Crippen molar-refractivity contribution in [2.24, 2.45) is 0 Å². The third-order valence-electron chi connectivity index (χ3n) is 1.59. The molecular formula is C8H9I3O2Te. The summed E-state index contributed by atoms with van der Waals surface area (Å²) >= 11 is 4.32. The zero-order chi connectivity index (χ0) is 10.6. The van der Waals surface area contributed by atoms with Gasteiger partial charge in [0.1, 0.15) is 0 Å². The van der Waals surface area contributed by atoms with Crippen molar-refractivity contribution in [2.75, 3.05) is 14.2 Å². The van der Waals surface area contributed by atoms with E-state index in [4.69, 9.17) is 9.47 Å². The Hall–Kier alpha value is 1.80. The fourth-order valence-electron chi connectivity index (χ4n) is 0.998. The Morgan fingerprint density at radius 1 is 1.21 bits per heavy atom. The van der Waals surface area contributed by atoms with Gasteiger partial charge in [0.15, 0.2) is 0 Å². The van der Waals surface area contributed by atoms with Crippen molar-refractivity contribution in [3.8, 4) is 11.5 Å². The Morgan fingerprint density at radius 3 is 2.07 bits per heavy atom. The molecule has 1 rings (SSSR count). The molecular weight excluding hydrogens is 636 g/mol. The first kappa shape index (κ1) is 13.9. The molecule has 0 N–H and O–H groups in total. The van der Waals surface area contributed by atoms with E-state index in [0.717, 1.165) is 11.5 Å². The maximum atomic E-state index is 5.38. The molecule has 1 aromatic carbocycles. The van der Waals surface area contributed by atoms with Crippen LogP contribution in [0, 0.1) is 0 Å². The fourth-order valence-corrected chi connectivity index (χ4v) is 17.3. The van der Waals surface area contributed by atoms with Crippen molar-refractivity contribution >= 4 is 52.6 Å². The first-order chi connectivity index (χ1) is 6.74. The molecule has 2 nitrogen and oxygen atoms in total. The molecule has 0 radical (unpaired) electrons. The van der Waals surface area contributed by atoms with E-state index in [0.29, 0.717) is 0 Å². The van der Waals surface area contributed by atoms with Gasteiger partial charge in [0, 0.05) is 0 Å². The van der Waals surface area contributed by atoms with Crippen molar-refractivity contribution in [2.45, 2.75) is 0 Å². The Balaban J connectivity index is 3.18. The molecule has 0 spiro atoms. The summed E-state index contributed by atoms with van der Waals surface area (Å²) in [6.45, 7) is 0. The quantitative estimate of drug-likeness (QED) is 0.318. The van der Waals surface area contributed by atoms with Crippen molar-refractivity contribution in [1.29, 1.82) is 0 Å². The third kappa shape index (κ3) is 3.40. The minimum absolute atomic E-state index is 0.287. The predicted octanol–water partition coefficient (Wildman–Crippen LogP) is -0.727. The van der Waals surface area contributed by atoms with Gasteiger partial charge in [0.25, 0.3) is 0 Å². The van der Waals surface area contributed by atoms with Crippen LogP contribution in [0.4, 0.5) is 0 Å². The Labute approximate surface area is 117 Å². The van der Waals surface area contributed by atoms with Crippen LogP contribution in [0.5, 0.6) is 11.5 Å². The SMILES string of the molecule is COc1cccc(OC)c1[Te+](I)[I-]I. The monoisotopic (exact) mass is 648 g/mol. The van der Waals surface area contributed by atoms with Gasteiger partial charge < -0.3 is 0 Å². The molecule has 1 aromatic rings. The number of halogens is 3. The summed E-state index contributed by atoms with van der Waals surface area (Å²) in [6.07, 6.45) is 0. The van der Waals surface area contributed by atoms with Gasteiger partial charge in [-0.15, -0.1) is 0 Å². The molecule has 0 fully saturated rings. The molecule has 80 valence electrons. The molecule has 0 unspecified atom stereocenters. The average Bonchev–Trinajstić information content (AvgIpc) is 2.26. The topological polar surface area (TPSA) is 18.5 Å². The fraction of sp³-hybridized carbons (Fsp3) is 0.250. The number of benzene rings is 1. The second-order valence-corrected chi connectivity index (χ2v) is 45.3. The summed E-state index contributed by atoms with van der Waals surface area (Å²) in [5.74, 6) is 2.01. The van der Waals surface area contributed by atoms with Crippen LogP contribution in [0.1, 0.15) is 0 Å². The average molecular weight is 645 g/mol. The summed E-state index contributed by atoms with van der Waals surface area (Å²) in [4.78, 5) is 0. The number of hydrogen-bond acceptors (Lipinski definition) is 2. The van der Waals surface area contributed by atoms with E-state index >= 15 is 0 Å². The molecule has 6 heteroatoms. The molecule has 0 heterocycles. The Morgan fingerprint density at radius 2 is 1.71 bits per heavy atom. The van der Waals surface area contributed by atoms with Crippen LogP contribution in [0.3, 0.4) is 0 Å². The molecule has 0 saturated carbocycles. The Bertz CT molecular complexity index is 286. The van der Waals surface area contributed by atoms with Crippen LogP contribution in [0.25, 0.3) is 0 Å². The van der Waals surface area contributed by atoms with Crippen LogP contribution in [-0.2, 0) is 0 Å². The number of rotatable bonds is 4. The van der Waals surface area contributed by atoms with Crippen molar-refractivity contribution in [3.63, 3.8) is 0 Å². The third-order valence-corrected chi connectivity index (χ3v) is 62.9. The molecule has 0 saturated heterocycles. The van der Waals surface area contributed by atoms with Gasteiger partial charge in [-0.3, -0.25) is 0 Å². The number of hydrogen-bond donors (Lipinski definition) is 0. The van der Waals surface area contributed by atoms with Crippen LogP contribution in [-0.4, -0.2) is 25.9 Å². The summed E-state index contributed by atoms with van der Waals surface area (Å²) < 4.78 is 12.1. The zero-order valence-electron chi connectivity index (χ0n) is 7.59. The van der Waals surface area contributed by atoms with Gasteiger partial charge >= 0.3 is 119 Å². The molecule has 0 bridgehead atoms. The summed E-state index contributed by atoms with van der Waals surface area (Å²) in [6, 6.07) is 6.04. The van der Waals surface area contributed by atoms with Crippen LogP contribution in [0.2, 0.25) is 0 Å². The standard InChI is InChI=1S/C8H9I3O2Te/c1-12-6-4-3-5-7(13-2)8(6)14(10)11-9/h3-5H,1-2H3. The normalized spacial score (nSPS) is 10.6. The molecule has 0 amide bonds. The van der Waals surface area contributed by atoms with Crippen LogP contribution < -0.4 is 26.4 Å². The van der Waals surface area contributed by atoms with Gasteiger partial charge in [-0.25, -0.2) is 0 Å². The maximum absolute atomic E-state index is 5.38. The van der Waals surface area contributed by atoms with Crippen molar-refractivity contribution in [1.82, 2.24) is 0 Å². The molecule has 0 aliphatic heterocycles. The van der Waals surface area contributed by atoms with E-state index in [1.165, 1.54) is 3.61 Å². The van der Waals surface area contributed by atoms with E-state index in [9.17, 15) is 0 Å². The van der Waals surface area contributed by atoms with E-state index in [-0.39, 0.29) is 13.3 Å². The molecule has 0 aliphatic carbocycles. The molecule has 0 atom stereocenters. The first-order valence-corrected chi connectivity index (χ1v) is 24.7. The molecule has 0 aromatic heterocycles. The van der Waals surface area contributed by atoms with Gasteiger partial charge in [0.05, 0.1) is 0 Å². The number of methoxy groups -OCH3 is 2. The second kappa shape index (κ2) is 7.19. The van der Waals surface area contributed by atoms with E-state index < -0.39 is 11.7 Å². The van der Waals surface area contributed by atoms with E-state index in [2.05, 4.69) is 37.3 Å². The predicted molar refractivity (Wildman–Crippen MR) is 73.0 cm³/mol. The van der Waals surface area contributed by atoms with Gasteiger partial charge in [-0.05, 0) is 0 Å². The van der Waals surface area contributed by atoms with Gasteiger partial charge in [-0.1, -0.05) is 0 Å². The zero-order valence-corrected chi connectivity index (χ0v) is 16.4. The summed E-state index contributed by atoms with van der Waals surface area (Å²) in [7, 11) is 3.46. The van der Waals surface area contributed by atoms with Crippen LogP contribution >= 0.6 is 37.3 Å². The number of ether oxygens (including phenoxy) is 2. The van der Waals surface area contributed by atoms with Gasteiger partial charge in [0.2, 0.25) is 0 Å². The van der Waals surface area contributed by atoms with E-state index in [1.54, 1.807) is 14.2 Å². The minimum atomic E-state index is -1.14. The van der Waals surface area contributed by atoms with Crippen LogP contribution in [0.15, 0.2) is 18.2 Å². The second-order valence-electron chi connectivity index (χ2n) is 2.26. The van der Waals surface area contributed by atoms with Crippen molar-refractivity contribution in [3.05, 3.63) is 18.2 Å². The Kier molecular flexibility index (Phi) is 7.12.